The van der Waals surface area contributed by atoms with E-state index in [4.69, 9.17) is 17.0 Å². The molecule has 0 bridgehead atoms. The van der Waals surface area contributed by atoms with Gasteiger partial charge in [0.25, 0.3) is 0 Å². The van der Waals surface area contributed by atoms with Crippen LogP contribution in [0.15, 0.2) is 66.7 Å². The molecule has 0 aliphatic carbocycles. The fraction of sp³-hybridized carbons (Fsp3) is 0.107. The summed E-state index contributed by atoms with van der Waals surface area (Å²) in [4.78, 5) is 0. The van der Waals surface area contributed by atoms with Crippen molar-refractivity contribution in [3.63, 3.8) is 0 Å². The Morgan fingerprint density at radius 2 is 1.22 bits per heavy atom. The molecule has 4 rings (SSSR count). The molecule has 8 heteroatoms. The number of hydrogen-bond donors (Lipinski definition) is 0. The van der Waals surface area contributed by atoms with E-state index in [1.54, 1.807) is 6.07 Å². The van der Waals surface area contributed by atoms with Crippen LogP contribution in [-0.4, -0.2) is 5.05 Å². The Hall–Kier alpha value is -3.65. The van der Waals surface area contributed by atoms with Gasteiger partial charge in [0.05, 0.1) is 0 Å². The highest BCUT2D eigenvalue weighted by Crippen LogP contribution is 2.31. The average molecular weight is 517 g/mol. The van der Waals surface area contributed by atoms with Crippen LogP contribution in [0.1, 0.15) is 24.5 Å². The van der Waals surface area contributed by atoms with Gasteiger partial charge < -0.3 is 4.74 Å². The second kappa shape index (κ2) is 10.5. The summed E-state index contributed by atoms with van der Waals surface area (Å²) in [5, 5.41) is -0.774. The van der Waals surface area contributed by atoms with Crippen molar-refractivity contribution < 1.29 is 31.1 Å². The molecule has 0 heterocycles. The summed E-state index contributed by atoms with van der Waals surface area (Å²) in [6.45, 7) is 2.08. The molecule has 0 unspecified atom stereocenters. The third kappa shape index (κ3) is 5.28. The Balaban J connectivity index is 1.60. The minimum atomic E-state index is -1.73. The van der Waals surface area contributed by atoms with Gasteiger partial charge in [-0.15, -0.1) is 0 Å². The Bertz CT molecular complexity index is 1400. The standard InChI is InChI=1S/C28H18F6OS/c1-2-3-15-4-6-16(7-5-15)17-8-9-20(21(29)10-17)18-11-22(30)26(23(31)12-18)28(36)35-19-13-24(32)27(34)25(33)14-19/h4-14H,2-3H2,1H3. The molecular formula is C28H18F6OS. The molecule has 0 spiro atoms. The van der Waals surface area contributed by atoms with Crippen molar-refractivity contribution in [2.75, 3.05) is 0 Å². The zero-order chi connectivity index (χ0) is 26.0. The molecular weight excluding hydrogens is 498 g/mol. The zero-order valence-electron chi connectivity index (χ0n) is 18.8. The lowest BCUT2D eigenvalue weighted by atomic mass is 9.97. The van der Waals surface area contributed by atoms with Gasteiger partial charge in [-0.3, -0.25) is 0 Å². The summed E-state index contributed by atoms with van der Waals surface area (Å²) in [6, 6.07) is 14.8. The molecule has 0 atom stereocenters. The molecule has 4 aromatic carbocycles. The maximum absolute atomic E-state index is 14.9. The van der Waals surface area contributed by atoms with Crippen LogP contribution in [0.2, 0.25) is 0 Å². The zero-order valence-corrected chi connectivity index (χ0v) is 19.7. The van der Waals surface area contributed by atoms with Crippen LogP contribution >= 0.6 is 12.2 Å². The summed E-state index contributed by atoms with van der Waals surface area (Å²) in [5.41, 5.74) is 1.65. The molecule has 1 nitrogen and oxygen atoms in total. The van der Waals surface area contributed by atoms with E-state index in [0.29, 0.717) is 17.7 Å². The third-order valence-electron chi connectivity index (χ3n) is 5.52. The second-order valence-electron chi connectivity index (χ2n) is 8.05. The normalized spacial score (nSPS) is 11.0. The van der Waals surface area contributed by atoms with Gasteiger partial charge in [-0.2, -0.15) is 0 Å². The van der Waals surface area contributed by atoms with E-state index in [1.165, 1.54) is 17.7 Å². The number of halogens is 6. The summed E-state index contributed by atoms with van der Waals surface area (Å²) >= 11 is 4.86. The first-order chi connectivity index (χ1) is 17.2. The average Bonchev–Trinajstić information content (AvgIpc) is 2.82. The molecule has 0 saturated heterocycles. The number of ether oxygens (including phenoxy) is 1. The van der Waals surface area contributed by atoms with E-state index in [1.807, 2.05) is 24.3 Å². The van der Waals surface area contributed by atoms with Crippen molar-refractivity contribution >= 4 is 17.3 Å². The number of hydrogen-bond acceptors (Lipinski definition) is 2. The predicted molar refractivity (Wildman–Crippen MR) is 130 cm³/mol. The Labute approximate surface area is 209 Å². The minimum Gasteiger partial charge on any atom is -0.445 e. The summed E-state index contributed by atoms with van der Waals surface area (Å²) < 4.78 is 89.4. The van der Waals surface area contributed by atoms with Gasteiger partial charge in [-0.25, -0.2) is 26.3 Å². The van der Waals surface area contributed by atoms with Gasteiger partial charge in [0.1, 0.15) is 28.8 Å². The SMILES string of the molecule is CCCc1ccc(-c2ccc(-c3cc(F)c(C(=S)Oc4cc(F)c(F)c(F)c4)c(F)c3)c(F)c2)cc1. The van der Waals surface area contributed by atoms with Gasteiger partial charge in [0, 0.05) is 17.7 Å². The van der Waals surface area contributed by atoms with Crippen molar-refractivity contribution in [2.24, 2.45) is 0 Å². The lowest BCUT2D eigenvalue weighted by Gasteiger charge is -2.12. The Morgan fingerprint density at radius 3 is 1.78 bits per heavy atom. The molecule has 0 saturated carbocycles. The van der Waals surface area contributed by atoms with Crippen molar-refractivity contribution in [3.8, 4) is 28.0 Å². The molecule has 0 amide bonds. The summed E-state index contributed by atoms with van der Waals surface area (Å²) in [5.74, 6) is -8.45. The van der Waals surface area contributed by atoms with Gasteiger partial charge in [-0.1, -0.05) is 49.7 Å². The van der Waals surface area contributed by atoms with Gasteiger partial charge in [0.15, 0.2) is 17.5 Å². The van der Waals surface area contributed by atoms with Crippen LogP contribution in [0.3, 0.4) is 0 Å². The summed E-state index contributed by atoms with van der Waals surface area (Å²) in [7, 11) is 0. The maximum atomic E-state index is 14.9. The molecule has 184 valence electrons. The largest absolute Gasteiger partial charge is 0.445 e. The van der Waals surface area contributed by atoms with E-state index in [2.05, 4.69) is 6.92 Å². The highest BCUT2D eigenvalue weighted by Gasteiger charge is 2.21. The van der Waals surface area contributed by atoms with Crippen molar-refractivity contribution in [2.45, 2.75) is 19.8 Å². The summed E-state index contributed by atoms with van der Waals surface area (Å²) in [6.07, 6.45) is 1.95. The number of rotatable bonds is 6. The van der Waals surface area contributed by atoms with Crippen molar-refractivity contribution in [1.82, 2.24) is 0 Å². The molecule has 0 aromatic heterocycles. The molecule has 0 aliphatic rings. The third-order valence-corrected chi connectivity index (χ3v) is 5.81. The molecule has 0 fully saturated rings. The molecule has 36 heavy (non-hydrogen) atoms. The lowest BCUT2D eigenvalue weighted by molar-refractivity contribution is 0.435. The van der Waals surface area contributed by atoms with Crippen molar-refractivity contribution in [3.05, 3.63) is 113 Å². The van der Waals surface area contributed by atoms with Crippen LogP contribution in [0.5, 0.6) is 5.75 Å². The lowest BCUT2D eigenvalue weighted by Crippen LogP contribution is -2.13. The van der Waals surface area contributed by atoms with E-state index >= 15 is 0 Å². The smallest absolute Gasteiger partial charge is 0.203 e. The first kappa shape index (κ1) is 25.4. The second-order valence-corrected chi connectivity index (χ2v) is 8.42. The van der Waals surface area contributed by atoms with E-state index in [0.717, 1.165) is 30.5 Å². The van der Waals surface area contributed by atoms with Crippen LogP contribution < -0.4 is 4.74 Å². The van der Waals surface area contributed by atoms with Gasteiger partial charge in [-0.05, 0) is 59.1 Å². The first-order valence-electron chi connectivity index (χ1n) is 10.9. The van der Waals surface area contributed by atoms with Gasteiger partial charge >= 0.3 is 0 Å². The van der Waals surface area contributed by atoms with Crippen LogP contribution in [0.25, 0.3) is 22.3 Å². The Kier molecular flexibility index (Phi) is 7.45. The minimum absolute atomic E-state index is 0.0415. The van der Waals surface area contributed by atoms with E-state index in [9.17, 15) is 26.3 Å². The van der Waals surface area contributed by atoms with Crippen LogP contribution in [-0.2, 0) is 6.42 Å². The fourth-order valence-electron chi connectivity index (χ4n) is 3.75. The highest BCUT2D eigenvalue weighted by atomic mass is 32.1. The van der Waals surface area contributed by atoms with E-state index in [-0.39, 0.29) is 11.1 Å². The molecule has 0 aliphatic heterocycles. The monoisotopic (exact) mass is 516 g/mol. The molecule has 4 aromatic rings. The Morgan fingerprint density at radius 1 is 0.667 bits per heavy atom. The highest BCUT2D eigenvalue weighted by molar-refractivity contribution is 7.80. The van der Waals surface area contributed by atoms with Crippen molar-refractivity contribution in [1.29, 1.82) is 0 Å². The first-order valence-corrected chi connectivity index (χ1v) is 11.3. The fourth-order valence-corrected chi connectivity index (χ4v) is 4.05. The quantitative estimate of drug-likeness (QED) is 0.144. The topological polar surface area (TPSA) is 9.23 Å². The molecule has 0 radical (unpaired) electrons. The number of aryl methyl sites for hydroxylation is 1. The van der Waals surface area contributed by atoms with Gasteiger partial charge in [0.2, 0.25) is 5.05 Å². The number of thiocarbonyl (C=S) groups is 1. The van der Waals surface area contributed by atoms with E-state index < -0.39 is 51.3 Å². The maximum Gasteiger partial charge on any atom is 0.203 e. The molecule has 0 N–H and O–H groups in total. The number of benzene rings is 4. The predicted octanol–water partition coefficient (Wildman–Crippen LogP) is 8.56. The van der Waals surface area contributed by atoms with Crippen LogP contribution in [0, 0.1) is 34.9 Å². The van der Waals surface area contributed by atoms with Crippen LogP contribution in [0.4, 0.5) is 26.3 Å².